The van der Waals surface area contributed by atoms with Crippen LogP contribution in [0.25, 0.3) is 0 Å². The Labute approximate surface area is 151 Å². The average Bonchev–Trinajstić information content (AvgIpc) is 2.54. The number of piperidine rings is 1. The van der Waals surface area contributed by atoms with E-state index in [2.05, 4.69) is 16.8 Å². The fraction of sp³-hybridized carbons (Fsp3) is 0.353. The first kappa shape index (κ1) is 16.9. The Bertz CT molecular complexity index is 700. The molecule has 1 aliphatic heterocycles. The van der Waals surface area contributed by atoms with Crippen LogP contribution in [0.1, 0.15) is 25.5 Å². The van der Waals surface area contributed by atoms with E-state index in [1.54, 1.807) is 12.0 Å². The van der Waals surface area contributed by atoms with E-state index in [0.717, 1.165) is 47.4 Å². The van der Waals surface area contributed by atoms with E-state index in [1.807, 2.05) is 25.3 Å². The number of anilines is 1. The zero-order valence-electron chi connectivity index (χ0n) is 13.1. The molecule has 3 nitrogen and oxygen atoms in total. The Kier molecular flexibility index (Phi) is 5.34. The maximum Gasteiger partial charge on any atom is 0.147 e. The summed E-state index contributed by atoms with van der Waals surface area (Å²) in [6.07, 6.45) is 4.12. The highest BCUT2D eigenvalue weighted by Gasteiger charge is 2.18. The number of nitrogens with zero attached hydrogens (tertiary/aromatic N) is 3. The normalized spacial score (nSPS) is 15.9. The number of aromatic nitrogens is 2. The van der Waals surface area contributed by atoms with E-state index in [1.165, 1.54) is 11.8 Å². The molecule has 0 saturated carbocycles. The summed E-state index contributed by atoms with van der Waals surface area (Å²) in [7, 11) is 0. The van der Waals surface area contributed by atoms with Crippen LogP contribution in [-0.2, 0) is 0 Å². The molecule has 0 amide bonds. The van der Waals surface area contributed by atoms with Crippen molar-refractivity contribution in [2.75, 3.05) is 18.0 Å². The minimum absolute atomic E-state index is 0.554. The SMILES string of the molecule is C[C]1CCN(c2cnc(Sc3cccc(Cl)c3Cl)c(C)n2)CC1. The van der Waals surface area contributed by atoms with Crippen LogP contribution in [-0.4, -0.2) is 23.1 Å². The summed E-state index contributed by atoms with van der Waals surface area (Å²) in [5.74, 6) is 2.52. The Morgan fingerprint density at radius 1 is 1.13 bits per heavy atom. The third-order valence-electron chi connectivity index (χ3n) is 3.95. The molecule has 1 saturated heterocycles. The molecule has 121 valence electrons. The standard InChI is InChI=1S/C17H18Cl2N3S/c1-11-6-8-22(9-7-11)15-10-20-17(12(2)21-15)23-14-5-3-4-13(18)16(14)19/h3-5,10H,6-9H2,1-2H3. The molecule has 1 aliphatic rings. The van der Waals surface area contributed by atoms with E-state index in [9.17, 15) is 0 Å². The molecule has 23 heavy (non-hydrogen) atoms. The molecule has 0 unspecified atom stereocenters. The number of hydrogen-bond donors (Lipinski definition) is 0. The topological polar surface area (TPSA) is 29.0 Å². The highest BCUT2D eigenvalue weighted by molar-refractivity contribution is 7.99. The molecule has 0 bridgehead atoms. The van der Waals surface area contributed by atoms with E-state index in [4.69, 9.17) is 28.2 Å². The van der Waals surface area contributed by atoms with Crippen LogP contribution in [0.4, 0.5) is 5.82 Å². The molecule has 6 heteroatoms. The molecule has 1 aromatic heterocycles. The maximum absolute atomic E-state index is 6.25. The number of hydrogen-bond acceptors (Lipinski definition) is 4. The largest absolute Gasteiger partial charge is 0.355 e. The molecule has 2 heterocycles. The lowest BCUT2D eigenvalue weighted by Crippen LogP contribution is -2.33. The minimum Gasteiger partial charge on any atom is -0.355 e. The van der Waals surface area contributed by atoms with Gasteiger partial charge in [0.1, 0.15) is 10.8 Å². The van der Waals surface area contributed by atoms with E-state index in [0.29, 0.717) is 10.0 Å². The van der Waals surface area contributed by atoms with Crippen molar-refractivity contribution in [2.24, 2.45) is 0 Å². The Hall–Kier alpha value is -0.970. The zero-order chi connectivity index (χ0) is 16.4. The van der Waals surface area contributed by atoms with Crippen molar-refractivity contribution in [3.05, 3.63) is 46.1 Å². The van der Waals surface area contributed by atoms with Crippen molar-refractivity contribution in [2.45, 2.75) is 36.6 Å². The molecular formula is C17H18Cl2N3S. The molecule has 3 rings (SSSR count). The monoisotopic (exact) mass is 366 g/mol. The highest BCUT2D eigenvalue weighted by atomic mass is 35.5. The lowest BCUT2D eigenvalue weighted by Gasteiger charge is -2.30. The first-order valence-electron chi connectivity index (χ1n) is 7.56. The summed E-state index contributed by atoms with van der Waals surface area (Å²) in [6, 6.07) is 5.61. The van der Waals surface area contributed by atoms with Crippen LogP contribution >= 0.6 is 35.0 Å². The van der Waals surface area contributed by atoms with Gasteiger partial charge in [-0.1, -0.05) is 48.0 Å². The fourth-order valence-corrected chi connectivity index (χ4v) is 3.82. The number of benzene rings is 1. The third kappa shape index (κ3) is 3.93. The number of aryl methyl sites for hydroxylation is 1. The third-order valence-corrected chi connectivity index (χ3v) is 6.04. The molecule has 1 radical (unpaired) electrons. The molecule has 0 N–H and O–H groups in total. The van der Waals surface area contributed by atoms with Gasteiger partial charge in [0.25, 0.3) is 0 Å². The van der Waals surface area contributed by atoms with Crippen LogP contribution < -0.4 is 4.90 Å². The van der Waals surface area contributed by atoms with Gasteiger partial charge < -0.3 is 4.90 Å². The molecule has 1 aromatic carbocycles. The quantitative estimate of drug-likeness (QED) is 0.723. The van der Waals surface area contributed by atoms with Crippen LogP contribution in [0.5, 0.6) is 0 Å². The van der Waals surface area contributed by atoms with E-state index >= 15 is 0 Å². The Balaban J connectivity index is 1.78. The van der Waals surface area contributed by atoms with Crippen molar-refractivity contribution >= 4 is 40.8 Å². The van der Waals surface area contributed by atoms with Gasteiger partial charge in [-0.15, -0.1) is 0 Å². The molecule has 2 aromatic rings. The summed E-state index contributed by atoms with van der Waals surface area (Å²) in [5, 5.41) is 1.97. The highest BCUT2D eigenvalue weighted by Crippen LogP contribution is 2.37. The second kappa shape index (κ2) is 7.29. The molecular weight excluding hydrogens is 349 g/mol. The average molecular weight is 367 g/mol. The second-order valence-electron chi connectivity index (χ2n) is 5.72. The molecule has 1 fully saturated rings. The summed E-state index contributed by atoms with van der Waals surface area (Å²) in [6.45, 7) is 6.25. The molecule has 0 aliphatic carbocycles. The van der Waals surface area contributed by atoms with Crippen LogP contribution in [0, 0.1) is 12.8 Å². The van der Waals surface area contributed by atoms with Gasteiger partial charge in [-0.3, -0.25) is 0 Å². The van der Waals surface area contributed by atoms with Crippen molar-refractivity contribution in [3.8, 4) is 0 Å². The van der Waals surface area contributed by atoms with Gasteiger partial charge in [-0.2, -0.15) is 0 Å². The maximum atomic E-state index is 6.25. The summed E-state index contributed by atoms with van der Waals surface area (Å²) < 4.78 is 0. The predicted molar refractivity (Wildman–Crippen MR) is 97.7 cm³/mol. The first-order valence-corrected chi connectivity index (χ1v) is 9.13. The van der Waals surface area contributed by atoms with Gasteiger partial charge in [-0.05, 0) is 37.8 Å². The van der Waals surface area contributed by atoms with Gasteiger partial charge in [-0.25, -0.2) is 9.97 Å². The summed E-state index contributed by atoms with van der Waals surface area (Å²) in [5.41, 5.74) is 0.912. The van der Waals surface area contributed by atoms with Crippen molar-refractivity contribution in [1.82, 2.24) is 9.97 Å². The minimum atomic E-state index is 0.554. The van der Waals surface area contributed by atoms with Crippen molar-refractivity contribution in [1.29, 1.82) is 0 Å². The summed E-state index contributed by atoms with van der Waals surface area (Å²) in [4.78, 5) is 12.5. The Morgan fingerprint density at radius 3 is 2.57 bits per heavy atom. The van der Waals surface area contributed by atoms with Gasteiger partial charge in [0, 0.05) is 18.0 Å². The summed E-state index contributed by atoms with van der Waals surface area (Å²) >= 11 is 13.8. The van der Waals surface area contributed by atoms with Gasteiger partial charge in [0.2, 0.25) is 0 Å². The van der Waals surface area contributed by atoms with Gasteiger partial charge in [0.05, 0.1) is 21.9 Å². The Morgan fingerprint density at radius 2 is 1.87 bits per heavy atom. The van der Waals surface area contributed by atoms with Crippen molar-refractivity contribution in [3.63, 3.8) is 0 Å². The molecule has 0 atom stereocenters. The van der Waals surface area contributed by atoms with E-state index < -0.39 is 0 Å². The number of halogens is 2. The second-order valence-corrected chi connectivity index (χ2v) is 7.53. The smallest absolute Gasteiger partial charge is 0.147 e. The molecule has 0 spiro atoms. The van der Waals surface area contributed by atoms with E-state index in [-0.39, 0.29) is 0 Å². The van der Waals surface area contributed by atoms with Crippen LogP contribution in [0.2, 0.25) is 10.0 Å². The number of rotatable bonds is 3. The zero-order valence-corrected chi connectivity index (χ0v) is 15.5. The van der Waals surface area contributed by atoms with Gasteiger partial charge in [0.15, 0.2) is 0 Å². The fourth-order valence-electron chi connectivity index (χ4n) is 2.50. The van der Waals surface area contributed by atoms with Crippen LogP contribution in [0.15, 0.2) is 34.3 Å². The predicted octanol–water partition coefficient (Wildman–Crippen LogP) is 5.44. The van der Waals surface area contributed by atoms with Gasteiger partial charge >= 0.3 is 0 Å². The lowest BCUT2D eigenvalue weighted by atomic mass is 9.99. The first-order chi connectivity index (χ1) is 11.0. The van der Waals surface area contributed by atoms with Crippen molar-refractivity contribution < 1.29 is 0 Å². The van der Waals surface area contributed by atoms with Crippen LogP contribution in [0.3, 0.4) is 0 Å². The lowest BCUT2D eigenvalue weighted by molar-refractivity contribution is 0.606.